The van der Waals surface area contributed by atoms with Crippen LogP contribution < -0.4 is 35.6 Å². The minimum absolute atomic E-state index is 0.151. The zero-order valence-corrected chi connectivity index (χ0v) is 30.0. The molecule has 11 nitrogen and oxygen atoms in total. The third kappa shape index (κ3) is 7.49. The van der Waals surface area contributed by atoms with Crippen LogP contribution in [0.3, 0.4) is 0 Å². The highest BCUT2D eigenvalue weighted by Crippen LogP contribution is 2.50. The van der Waals surface area contributed by atoms with Crippen LogP contribution in [0.4, 0.5) is 5.69 Å². The van der Waals surface area contributed by atoms with E-state index in [0.717, 1.165) is 28.0 Å². The lowest BCUT2D eigenvalue weighted by Gasteiger charge is -2.19. The van der Waals surface area contributed by atoms with E-state index in [-0.39, 0.29) is 35.5 Å². The van der Waals surface area contributed by atoms with E-state index in [0.29, 0.717) is 53.4 Å². The molecule has 2 amide bonds. The van der Waals surface area contributed by atoms with Crippen molar-refractivity contribution in [3.8, 4) is 28.4 Å². The molecule has 1 heterocycles. The van der Waals surface area contributed by atoms with Crippen molar-refractivity contribution < 1.29 is 23.8 Å². The van der Waals surface area contributed by atoms with Gasteiger partial charge in [-0.1, -0.05) is 18.2 Å². The van der Waals surface area contributed by atoms with Crippen molar-refractivity contribution in [2.24, 2.45) is 0 Å². The van der Waals surface area contributed by atoms with Crippen molar-refractivity contribution in [1.82, 2.24) is 20.2 Å². The average molecular weight is 688 g/mol. The van der Waals surface area contributed by atoms with Crippen LogP contribution in [0.25, 0.3) is 22.2 Å². The van der Waals surface area contributed by atoms with Crippen LogP contribution in [-0.4, -0.2) is 60.7 Å². The second kappa shape index (κ2) is 15.7. The topological polar surface area (TPSA) is 133 Å². The summed E-state index contributed by atoms with van der Waals surface area (Å²) in [5.41, 5.74) is 4.90. The van der Waals surface area contributed by atoms with Crippen LogP contribution in [0.2, 0.25) is 0 Å². The summed E-state index contributed by atoms with van der Waals surface area (Å²) in [5, 5.41) is 9.36. The molecule has 0 bridgehead atoms. The third-order valence-electron chi connectivity index (χ3n) is 8.78. The predicted molar refractivity (Wildman–Crippen MR) is 195 cm³/mol. The van der Waals surface area contributed by atoms with Gasteiger partial charge in [-0.3, -0.25) is 14.4 Å². The van der Waals surface area contributed by atoms with E-state index in [4.69, 9.17) is 19.2 Å². The molecular weight excluding hydrogens is 643 g/mol. The summed E-state index contributed by atoms with van der Waals surface area (Å²) in [6.45, 7) is 5.88. The number of hydrogen-bond acceptors (Lipinski definition) is 9. The number of fused-ring (bicyclic) bond motifs is 4. The highest BCUT2D eigenvalue weighted by Gasteiger charge is 2.30. The van der Waals surface area contributed by atoms with Crippen molar-refractivity contribution in [3.05, 3.63) is 75.7 Å². The molecule has 5 rings (SSSR count). The van der Waals surface area contributed by atoms with E-state index >= 15 is 0 Å². The summed E-state index contributed by atoms with van der Waals surface area (Å²) >= 11 is 1.62. The molecule has 260 valence electrons. The van der Waals surface area contributed by atoms with Gasteiger partial charge in [-0.05, 0) is 92.1 Å². The molecule has 0 unspecified atom stereocenters. The summed E-state index contributed by atoms with van der Waals surface area (Å²) in [7, 11) is 4.68. The maximum Gasteiger partial charge on any atom is 0.242 e. The Morgan fingerprint density at radius 3 is 2.47 bits per heavy atom. The summed E-state index contributed by atoms with van der Waals surface area (Å²) in [4.78, 5) is 44.8. The zero-order valence-electron chi connectivity index (χ0n) is 29.1. The molecule has 0 saturated carbocycles. The number of carbonyl (C=O) groups is 2. The highest BCUT2D eigenvalue weighted by atomic mass is 32.2. The van der Waals surface area contributed by atoms with Crippen LogP contribution >= 0.6 is 11.8 Å². The SMILES string of the molecule is COc1cc2c(c(OC)c1OC)-c1ccc(N[C@@H](CCSC)C(=O)NCc3nc4ccccc4n3C(C)C)c(=O)cc1[C@H](NC(C)=O)CC2. The first kappa shape index (κ1) is 35.6. The zero-order chi connectivity index (χ0) is 35.2. The number of aromatic nitrogens is 2. The van der Waals surface area contributed by atoms with Crippen molar-refractivity contribution >= 4 is 40.3 Å². The molecule has 1 aliphatic carbocycles. The lowest BCUT2D eigenvalue weighted by molar-refractivity contribution is -0.122. The van der Waals surface area contributed by atoms with Gasteiger partial charge in [0.15, 0.2) is 11.5 Å². The van der Waals surface area contributed by atoms with Crippen molar-refractivity contribution in [1.29, 1.82) is 0 Å². The summed E-state index contributed by atoms with van der Waals surface area (Å²) < 4.78 is 19.3. The maximum absolute atomic E-state index is 14.0. The second-order valence-electron chi connectivity index (χ2n) is 12.3. The van der Waals surface area contributed by atoms with E-state index in [1.54, 1.807) is 45.2 Å². The number of nitrogens with one attached hydrogen (secondary N) is 3. The van der Waals surface area contributed by atoms with Gasteiger partial charge >= 0.3 is 0 Å². The van der Waals surface area contributed by atoms with Gasteiger partial charge in [-0.2, -0.15) is 11.8 Å². The van der Waals surface area contributed by atoms with E-state index < -0.39 is 12.1 Å². The minimum Gasteiger partial charge on any atom is -0.493 e. The monoisotopic (exact) mass is 687 g/mol. The van der Waals surface area contributed by atoms with Gasteiger partial charge in [0.1, 0.15) is 11.9 Å². The number of carbonyl (C=O) groups excluding carboxylic acids is 2. The lowest BCUT2D eigenvalue weighted by Crippen LogP contribution is -2.41. The summed E-state index contributed by atoms with van der Waals surface area (Å²) in [5.74, 6) is 2.45. The molecule has 1 aromatic heterocycles. The lowest BCUT2D eigenvalue weighted by atomic mass is 9.95. The van der Waals surface area contributed by atoms with Crippen LogP contribution in [0, 0.1) is 0 Å². The fourth-order valence-electron chi connectivity index (χ4n) is 6.60. The molecule has 12 heteroatoms. The Morgan fingerprint density at radius 2 is 1.80 bits per heavy atom. The fraction of sp³-hybridized carbons (Fsp3) is 0.405. The number of nitrogens with zero attached hydrogens (tertiary/aromatic N) is 2. The van der Waals surface area contributed by atoms with E-state index in [1.807, 2.05) is 42.7 Å². The number of para-hydroxylation sites is 2. The molecule has 0 spiro atoms. The van der Waals surface area contributed by atoms with Gasteiger partial charge in [0.05, 0.1) is 50.6 Å². The molecule has 49 heavy (non-hydrogen) atoms. The predicted octanol–water partition coefficient (Wildman–Crippen LogP) is 5.64. The van der Waals surface area contributed by atoms with Crippen LogP contribution in [-0.2, 0) is 22.6 Å². The number of anilines is 1. The Kier molecular flexibility index (Phi) is 11.4. The summed E-state index contributed by atoms with van der Waals surface area (Å²) in [6.07, 6.45) is 3.61. The Morgan fingerprint density at radius 1 is 1.04 bits per heavy atom. The van der Waals surface area contributed by atoms with Gasteiger partial charge < -0.3 is 34.7 Å². The Hall–Kier alpha value is -4.71. The maximum atomic E-state index is 14.0. The van der Waals surface area contributed by atoms with Crippen molar-refractivity contribution in [3.63, 3.8) is 0 Å². The number of rotatable bonds is 13. The van der Waals surface area contributed by atoms with Crippen LogP contribution in [0.15, 0.2) is 53.3 Å². The van der Waals surface area contributed by atoms with Crippen LogP contribution in [0.1, 0.15) is 62.6 Å². The minimum atomic E-state index is -0.684. The van der Waals surface area contributed by atoms with Crippen molar-refractivity contribution in [2.45, 2.75) is 64.7 Å². The van der Waals surface area contributed by atoms with Gasteiger partial charge in [0, 0.05) is 18.5 Å². The molecule has 3 aromatic carbocycles. The first-order valence-electron chi connectivity index (χ1n) is 16.4. The number of amides is 2. The molecule has 4 aromatic rings. The number of ether oxygens (including phenoxy) is 3. The van der Waals surface area contributed by atoms with E-state index in [9.17, 15) is 14.4 Å². The quantitative estimate of drug-likeness (QED) is 0.163. The fourth-order valence-corrected chi connectivity index (χ4v) is 7.08. The number of thioether (sulfide) groups is 1. The number of methoxy groups -OCH3 is 3. The normalized spacial score (nSPS) is 14.3. The Labute approximate surface area is 291 Å². The molecular formula is C37H45N5O6S. The molecule has 1 aliphatic rings. The van der Waals surface area contributed by atoms with Gasteiger partial charge in [0.2, 0.25) is 23.0 Å². The standard InChI is InChI=1S/C37H45N5O6S/c1-21(2)42-30-11-9-8-10-27(30)41-33(42)20-38-37(45)29(16-17-49-7)40-28-15-13-24-25(19-31(28)44)26(39-22(3)43)14-12-23-18-32(46-4)35(47-5)36(48-6)34(23)24/h8-11,13,15,18-19,21,26,29H,12,14,16-17,20H2,1-7H3,(H,38,45)(H,39,43)(H,40,44)/t26-,29+/m1/s1. The average Bonchev–Trinajstić information content (AvgIpc) is 3.31. The largest absolute Gasteiger partial charge is 0.493 e. The summed E-state index contributed by atoms with van der Waals surface area (Å²) in [6, 6.07) is 14.0. The van der Waals surface area contributed by atoms with E-state index in [1.165, 1.54) is 6.92 Å². The molecule has 2 atom stereocenters. The number of aryl methyl sites for hydroxylation is 1. The Balaban J connectivity index is 1.53. The van der Waals surface area contributed by atoms with Gasteiger partial charge in [-0.25, -0.2) is 4.98 Å². The highest BCUT2D eigenvalue weighted by molar-refractivity contribution is 7.98. The third-order valence-corrected chi connectivity index (χ3v) is 9.42. The van der Waals surface area contributed by atoms with Gasteiger partial charge in [-0.15, -0.1) is 0 Å². The smallest absolute Gasteiger partial charge is 0.242 e. The molecule has 0 saturated heterocycles. The number of imidazole rings is 1. The Bertz CT molecular complexity index is 1910. The first-order chi connectivity index (χ1) is 23.6. The number of benzene rings is 2. The molecule has 0 radical (unpaired) electrons. The number of hydrogen-bond donors (Lipinski definition) is 3. The van der Waals surface area contributed by atoms with Gasteiger partial charge in [0.25, 0.3) is 0 Å². The first-order valence-corrected chi connectivity index (χ1v) is 17.8. The molecule has 0 fully saturated rings. The molecule has 3 N–H and O–H groups in total. The second-order valence-corrected chi connectivity index (χ2v) is 13.3. The van der Waals surface area contributed by atoms with E-state index in [2.05, 4.69) is 34.4 Å². The van der Waals surface area contributed by atoms with Crippen LogP contribution in [0.5, 0.6) is 17.2 Å². The molecule has 0 aliphatic heterocycles. The van der Waals surface area contributed by atoms with Crippen molar-refractivity contribution in [2.75, 3.05) is 38.7 Å².